The van der Waals surface area contributed by atoms with E-state index < -0.39 is 11.9 Å². The minimum Gasteiger partial charge on any atom is -0.473 e. The van der Waals surface area contributed by atoms with Gasteiger partial charge in [-0.3, -0.25) is 4.79 Å². The van der Waals surface area contributed by atoms with Crippen LogP contribution in [-0.2, 0) is 16.0 Å². The number of carbonyl (C=O) groups excluding carboxylic acids is 1. The summed E-state index contributed by atoms with van der Waals surface area (Å²) in [6.07, 6.45) is 3.13. The maximum absolute atomic E-state index is 12.9. The number of benzene rings is 2. The monoisotopic (exact) mass is 455 g/mol. The second kappa shape index (κ2) is 12.0. The van der Waals surface area contributed by atoms with E-state index in [9.17, 15) is 4.79 Å². The van der Waals surface area contributed by atoms with Crippen LogP contribution in [0.5, 0.6) is 0 Å². The fourth-order valence-electron chi connectivity index (χ4n) is 3.92. The summed E-state index contributed by atoms with van der Waals surface area (Å²) in [5.74, 6) is -3.52. The molecule has 0 radical (unpaired) electrons. The summed E-state index contributed by atoms with van der Waals surface area (Å²) in [6, 6.07) is 15.0. The molecular formula is C25H33N3O5. The average Bonchev–Trinajstić information content (AvgIpc) is 2.81. The Hall–Kier alpha value is -3.39. The highest BCUT2D eigenvalue weighted by atomic mass is 16.4. The molecule has 33 heavy (non-hydrogen) atoms. The van der Waals surface area contributed by atoms with Gasteiger partial charge in [-0.05, 0) is 69.0 Å². The minimum atomic E-state index is -1.82. The number of nitrogens with two attached hydrogens (primary N) is 1. The van der Waals surface area contributed by atoms with Crippen LogP contribution >= 0.6 is 0 Å². The molecule has 178 valence electrons. The van der Waals surface area contributed by atoms with Crippen LogP contribution < -0.4 is 5.73 Å². The number of carboxylic acids is 2. The van der Waals surface area contributed by atoms with Crippen molar-refractivity contribution in [3.05, 3.63) is 64.7 Å². The van der Waals surface area contributed by atoms with Gasteiger partial charge in [-0.15, -0.1) is 0 Å². The van der Waals surface area contributed by atoms with E-state index in [0.717, 1.165) is 61.3 Å². The molecule has 0 spiro atoms. The molecule has 2 aromatic carbocycles. The van der Waals surface area contributed by atoms with E-state index >= 15 is 0 Å². The molecule has 3 rings (SSSR count). The van der Waals surface area contributed by atoms with Crippen molar-refractivity contribution in [1.82, 2.24) is 9.80 Å². The Labute approximate surface area is 194 Å². The van der Waals surface area contributed by atoms with Gasteiger partial charge in [-0.25, -0.2) is 9.59 Å². The smallest absolute Gasteiger partial charge is 0.414 e. The predicted molar refractivity (Wildman–Crippen MR) is 127 cm³/mol. The Balaban J connectivity index is 0.000000569. The lowest BCUT2D eigenvalue weighted by Gasteiger charge is -2.37. The third-order valence-electron chi connectivity index (χ3n) is 5.99. The van der Waals surface area contributed by atoms with Crippen molar-refractivity contribution in [3.8, 4) is 0 Å². The van der Waals surface area contributed by atoms with Crippen LogP contribution in [0.4, 0.5) is 5.69 Å². The van der Waals surface area contributed by atoms with Gasteiger partial charge in [0.2, 0.25) is 0 Å². The Kier molecular flexibility index (Phi) is 9.42. The van der Waals surface area contributed by atoms with Gasteiger partial charge in [0.15, 0.2) is 0 Å². The number of carbonyl (C=O) groups is 3. The predicted octanol–water partition coefficient (Wildman–Crippen LogP) is 2.82. The van der Waals surface area contributed by atoms with Crippen LogP contribution in [0.25, 0.3) is 0 Å². The van der Waals surface area contributed by atoms with E-state index in [1.807, 2.05) is 30.9 Å². The van der Waals surface area contributed by atoms with E-state index in [1.165, 1.54) is 5.56 Å². The van der Waals surface area contributed by atoms with Gasteiger partial charge in [0.1, 0.15) is 0 Å². The van der Waals surface area contributed by atoms with E-state index in [-0.39, 0.29) is 5.91 Å². The van der Waals surface area contributed by atoms with Crippen LogP contribution in [0.1, 0.15) is 39.9 Å². The number of likely N-dealkylation sites (tertiary alicyclic amines) is 1. The maximum Gasteiger partial charge on any atom is 0.414 e. The number of hydrogen-bond acceptors (Lipinski definition) is 5. The average molecular weight is 456 g/mol. The highest BCUT2D eigenvalue weighted by Crippen LogP contribution is 2.22. The van der Waals surface area contributed by atoms with Gasteiger partial charge >= 0.3 is 11.9 Å². The van der Waals surface area contributed by atoms with Crippen LogP contribution in [0.15, 0.2) is 42.5 Å². The molecule has 1 aliphatic heterocycles. The first kappa shape index (κ1) is 25.9. The van der Waals surface area contributed by atoms with Crippen molar-refractivity contribution in [2.24, 2.45) is 0 Å². The lowest BCUT2D eigenvalue weighted by atomic mass is 10.00. The molecule has 1 amide bonds. The summed E-state index contributed by atoms with van der Waals surface area (Å²) in [4.78, 5) is 35.5. The molecule has 0 atom stereocenters. The number of piperidine rings is 1. The number of hydrogen-bond donors (Lipinski definition) is 3. The molecule has 0 aromatic heterocycles. The van der Waals surface area contributed by atoms with Gasteiger partial charge in [-0.2, -0.15) is 0 Å². The van der Waals surface area contributed by atoms with E-state index in [1.54, 1.807) is 0 Å². The third-order valence-corrected chi connectivity index (χ3v) is 5.99. The van der Waals surface area contributed by atoms with Gasteiger partial charge in [0.25, 0.3) is 5.91 Å². The molecule has 0 aliphatic carbocycles. The molecule has 0 bridgehead atoms. The summed E-state index contributed by atoms with van der Waals surface area (Å²) in [6.45, 7) is 6.63. The van der Waals surface area contributed by atoms with E-state index in [4.69, 9.17) is 25.5 Å². The first-order valence-electron chi connectivity index (χ1n) is 11.0. The standard InChI is InChI=1S/C23H31N3O.C2H2O4/c1-17-15-20(16-18(2)22(17)24)23(27)26-13-10-21(11-14-26)25(3)12-9-19-7-5-4-6-8-19;3-1(4)2(5)6/h4-8,15-16,21H,9-14,24H2,1-3H3;(H,3,4)(H,5,6). The zero-order valence-electron chi connectivity index (χ0n) is 19.5. The second-order valence-electron chi connectivity index (χ2n) is 8.37. The SMILES string of the molecule is Cc1cc(C(=O)N2CCC(N(C)CCc3ccccc3)CC2)cc(C)c1N.O=C(O)C(=O)O. The summed E-state index contributed by atoms with van der Waals surface area (Å²) in [5.41, 5.74) is 10.9. The quantitative estimate of drug-likeness (QED) is 0.468. The first-order chi connectivity index (χ1) is 15.6. The molecule has 2 aromatic rings. The number of nitrogen functional groups attached to an aromatic ring is 1. The summed E-state index contributed by atoms with van der Waals surface area (Å²) < 4.78 is 0. The Morgan fingerprint density at radius 3 is 2.00 bits per heavy atom. The van der Waals surface area contributed by atoms with Crippen molar-refractivity contribution in [2.45, 2.75) is 39.2 Å². The number of likely N-dealkylation sites (N-methyl/N-ethyl adjacent to an activating group) is 1. The Morgan fingerprint density at radius 1 is 1.00 bits per heavy atom. The van der Waals surface area contributed by atoms with Crippen LogP contribution in [0.3, 0.4) is 0 Å². The zero-order valence-corrected chi connectivity index (χ0v) is 19.5. The molecule has 1 aliphatic rings. The number of nitrogens with zero attached hydrogens (tertiary/aromatic N) is 2. The van der Waals surface area contributed by atoms with Crippen LogP contribution in [0.2, 0.25) is 0 Å². The molecule has 0 saturated carbocycles. The lowest BCUT2D eigenvalue weighted by molar-refractivity contribution is -0.159. The van der Waals surface area contributed by atoms with Crippen molar-refractivity contribution < 1.29 is 24.6 Å². The topological polar surface area (TPSA) is 124 Å². The normalized spacial score (nSPS) is 13.9. The van der Waals surface area contributed by atoms with Gasteiger partial charge in [0, 0.05) is 36.9 Å². The molecule has 8 nitrogen and oxygen atoms in total. The molecule has 1 fully saturated rings. The molecule has 1 heterocycles. The molecule has 8 heteroatoms. The second-order valence-corrected chi connectivity index (χ2v) is 8.37. The molecule has 0 unspecified atom stereocenters. The summed E-state index contributed by atoms with van der Waals surface area (Å²) >= 11 is 0. The summed E-state index contributed by atoms with van der Waals surface area (Å²) in [5, 5.41) is 14.8. The van der Waals surface area contributed by atoms with Crippen molar-refractivity contribution in [3.63, 3.8) is 0 Å². The van der Waals surface area contributed by atoms with Gasteiger partial charge in [0.05, 0.1) is 0 Å². The van der Waals surface area contributed by atoms with Crippen LogP contribution in [-0.4, -0.2) is 70.6 Å². The minimum absolute atomic E-state index is 0.131. The molecule has 4 N–H and O–H groups in total. The number of carboxylic acid groups (broad SMARTS) is 2. The third kappa shape index (κ3) is 7.61. The molecular weight excluding hydrogens is 422 g/mol. The first-order valence-corrected chi connectivity index (χ1v) is 11.0. The zero-order chi connectivity index (χ0) is 24.5. The van der Waals surface area contributed by atoms with Gasteiger partial charge < -0.3 is 25.7 Å². The highest BCUT2D eigenvalue weighted by molar-refractivity contribution is 6.27. The largest absolute Gasteiger partial charge is 0.473 e. The van der Waals surface area contributed by atoms with E-state index in [0.29, 0.717) is 6.04 Å². The maximum atomic E-state index is 12.9. The van der Waals surface area contributed by atoms with Crippen molar-refractivity contribution >= 4 is 23.5 Å². The fourth-order valence-corrected chi connectivity index (χ4v) is 3.92. The number of amides is 1. The number of aryl methyl sites for hydroxylation is 2. The van der Waals surface area contributed by atoms with Crippen LogP contribution in [0, 0.1) is 13.8 Å². The van der Waals surface area contributed by atoms with Crippen molar-refractivity contribution in [1.29, 1.82) is 0 Å². The van der Waals surface area contributed by atoms with Gasteiger partial charge in [-0.1, -0.05) is 30.3 Å². The number of rotatable bonds is 5. The number of aliphatic carboxylic acids is 2. The van der Waals surface area contributed by atoms with E-state index in [2.05, 4.69) is 42.3 Å². The molecule has 1 saturated heterocycles. The Bertz CT molecular complexity index is 934. The fraction of sp³-hybridized carbons (Fsp3) is 0.400. The highest BCUT2D eigenvalue weighted by Gasteiger charge is 2.26. The summed E-state index contributed by atoms with van der Waals surface area (Å²) in [7, 11) is 2.21. The van der Waals surface area contributed by atoms with Crippen molar-refractivity contribution in [2.75, 3.05) is 32.4 Å². The number of anilines is 1. The lowest BCUT2D eigenvalue weighted by Crippen LogP contribution is -2.46. The Morgan fingerprint density at radius 2 is 1.52 bits per heavy atom.